The number of carbonyl (C=O) groups excluding carboxylic acids is 2. The van der Waals surface area contributed by atoms with Crippen LogP contribution in [-0.4, -0.2) is 73.1 Å². The van der Waals surface area contributed by atoms with Crippen molar-refractivity contribution >= 4 is 11.8 Å². The van der Waals surface area contributed by atoms with Gasteiger partial charge in [-0.25, -0.2) is 14.1 Å². The van der Waals surface area contributed by atoms with Crippen LogP contribution in [-0.2, 0) is 22.6 Å². The average Bonchev–Trinajstić information content (AvgIpc) is 3.44. The quantitative estimate of drug-likeness (QED) is 0.622. The van der Waals surface area contributed by atoms with Crippen LogP contribution in [0.5, 0.6) is 0 Å². The van der Waals surface area contributed by atoms with E-state index < -0.39 is 12.1 Å². The summed E-state index contributed by atoms with van der Waals surface area (Å²) in [5.41, 5.74) is 2.11. The first-order chi connectivity index (χ1) is 15.1. The minimum atomic E-state index is -0.574. The molecule has 0 spiro atoms. The Morgan fingerprint density at radius 3 is 2.84 bits per heavy atom. The first kappa shape index (κ1) is 19.4. The molecule has 4 heterocycles. The number of para-hydroxylation sites is 1. The molecule has 0 saturated carbocycles. The molecule has 3 aromatic rings. The second-order valence-corrected chi connectivity index (χ2v) is 7.87. The van der Waals surface area contributed by atoms with Crippen LogP contribution >= 0.6 is 0 Å². The summed E-state index contributed by atoms with van der Waals surface area (Å²) in [5, 5.41) is 7.12. The van der Waals surface area contributed by atoms with E-state index in [-0.39, 0.29) is 17.6 Å². The molecule has 5 rings (SSSR count). The van der Waals surface area contributed by atoms with Crippen LogP contribution in [0, 0.1) is 5.82 Å². The Bertz CT molecular complexity index is 1100. The van der Waals surface area contributed by atoms with Crippen LogP contribution < -0.4 is 5.32 Å². The van der Waals surface area contributed by atoms with Gasteiger partial charge in [-0.1, -0.05) is 12.1 Å². The molecule has 1 aromatic carbocycles. The number of benzene rings is 1. The lowest BCUT2D eigenvalue weighted by molar-refractivity contribution is -0.153. The topological polar surface area (TPSA) is 99.1 Å². The molecule has 10 heteroatoms. The first-order valence-corrected chi connectivity index (χ1v) is 10.2. The normalized spacial score (nSPS) is 21.8. The number of aromatic nitrogens is 4. The maximum Gasteiger partial charge on any atom is 0.246 e. The number of nitrogens with zero attached hydrogens (tertiary/aromatic N) is 5. The van der Waals surface area contributed by atoms with Crippen molar-refractivity contribution in [2.45, 2.75) is 25.0 Å². The molecule has 2 amide bonds. The van der Waals surface area contributed by atoms with E-state index in [0.717, 1.165) is 11.3 Å². The Balaban J connectivity index is 1.24. The molecule has 2 aromatic heterocycles. The van der Waals surface area contributed by atoms with E-state index in [2.05, 4.69) is 25.3 Å². The number of hydrogen-bond donors (Lipinski definition) is 2. The van der Waals surface area contributed by atoms with Gasteiger partial charge in [0, 0.05) is 56.3 Å². The molecular formula is C21H22FN7O2. The summed E-state index contributed by atoms with van der Waals surface area (Å²) in [5.74, 6) is -0.546. The van der Waals surface area contributed by atoms with Crippen LogP contribution in [0.4, 0.5) is 4.39 Å². The number of aromatic amines is 1. The molecule has 2 atom stereocenters. The maximum absolute atomic E-state index is 14.0. The van der Waals surface area contributed by atoms with Crippen LogP contribution in [0.1, 0.15) is 11.3 Å². The van der Waals surface area contributed by atoms with Crippen molar-refractivity contribution in [3.05, 3.63) is 66.3 Å². The lowest BCUT2D eigenvalue weighted by atomic mass is 10.0. The molecule has 0 radical (unpaired) electrons. The number of nitrogens with one attached hydrogen (secondary N) is 2. The second kappa shape index (κ2) is 7.95. The summed E-state index contributed by atoms with van der Waals surface area (Å²) >= 11 is 0. The zero-order valence-corrected chi connectivity index (χ0v) is 16.7. The van der Waals surface area contributed by atoms with Gasteiger partial charge in [-0.05, 0) is 12.1 Å². The van der Waals surface area contributed by atoms with Gasteiger partial charge in [-0.3, -0.25) is 14.5 Å². The number of piperazine rings is 2. The highest BCUT2D eigenvalue weighted by Gasteiger charge is 2.43. The number of hydrogen-bond acceptors (Lipinski definition) is 5. The van der Waals surface area contributed by atoms with Crippen LogP contribution in [0.3, 0.4) is 0 Å². The van der Waals surface area contributed by atoms with E-state index in [9.17, 15) is 14.0 Å². The second-order valence-electron chi connectivity index (χ2n) is 7.87. The maximum atomic E-state index is 14.0. The van der Waals surface area contributed by atoms with Gasteiger partial charge in [-0.2, -0.15) is 5.10 Å². The van der Waals surface area contributed by atoms with Crippen molar-refractivity contribution in [2.24, 2.45) is 0 Å². The summed E-state index contributed by atoms with van der Waals surface area (Å²) in [6.45, 7) is 2.14. The lowest BCUT2D eigenvalue weighted by Gasteiger charge is -2.45. The zero-order chi connectivity index (χ0) is 21.4. The van der Waals surface area contributed by atoms with Gasteiger partial charge in [0.25, 0.3) is 0 Å². The summed E-state index contributed by atoms with van der Waals surface area (Å²) in [6, 6.07) is 5.38. The van der Waals surface area contributed by atoms with E-state index in [1.807, 2.05) is 0 Å². The third-order valence-electron chi connectivity index (χ3n) is 5.79. The minimum absolute atomic E-state index is 0.0637. The summed E-state index contributed by atoms with van der Waals surface area (Å²) in [4.78, 5) is 36.3. The number of halogens is 1. The Morgan fingerprint density at radius 2 is 2.03 bits per heavy atom. The highest BCUT2D eigenvalue weighted by molar-refractivity contribution is 5.97. The SMILES string of the molecule is O=C1N[C@@H](Cc2cnc[nH]2)C(=O)N2CCN(Cc3cnn(-c4ccccc4F)c3)C[C@H]12. The number of imidazole rings is 1. The fraction of sp³-hybridized carbons (Fsp3) is 0.333. The molecular weight excluding hydrogens is 401 g/mol. The minimum Gasteiger partial charge on any atom is -0.348 e. The molecule has 2 N–H and O–H groups in total. The molecule has 2 saturated heterocycles. The Morgan fingerprint density at radius 1 is 1.16 bits per heavy atom. The zero-order valence-electron chi connectivity index (χ0n) is 16.7. The summed E-state index contributed by atoms with van der Waals surface area (Å²) in [6.07, 6.45) is 7.10. The molecule has 0 aliphatic carbocycles. The summed E-state index contributed by atoms with van der Waals surface area (Å²) < 4.78 is 15.5. The highest BCUT2D eigenvalue weighted by atomic mass is 19.1. The molecule has 2 fully saturated rings. The van der Waals surface area contributed by atoms with Crippen molar-refractivity contribution in [3.63, 3.8) is 0 Å². The molecule has 2 aliphatic rings. The van der Waals surface area contributed by atoms with Gasteiger partial charge in [0.15, 0.2) is 0 Å². The largest absolute Gasteiger partial charge is 0.348 e. The molecule has 31 heavy (non-hydrogen) atoms. The number of carbonyl (C=O) groups is 2. The van der Waals surface area contributed by atoms with Gasteiger partial charge in [0.1, 0.15) is 23.6 Å². The summed E-state index contributed by atoms with van der Waals surface area (Å²) in [7, 11) is 0. The van der Waals surface area contributed by atoms with Crippen molar-refractivity contribution in [2.75, 3.05) is 19.6 Å². The monoisotopic (exact) mass is 423 g/mol. The molecule has 9 nitrogen and oxygen atoms in total. The fourth-order valence-corrected chi connectivity index (χ4v) is 4.22. The number of amides is 2. The van der Waals surface area contributed by atoms with Crippen molar-refractivity contribution in [1.29, 1.82) is 0 Å². The van der Waals surface area contributed by atoms with Crippen LogP contribution in [0.2, 0.25) is 0 Å². The Hall–Kier alpha value is -3.53. The van der Waals surface area contributed by atoms with Gasteiger partial charge in [0.2, 0.25) is 11.8 Å². The van der Waals surface area contributed by atoms with E-state index in [4.69, 9.17) is 0 Å². The smallest absolute Gasteiger partial charge is 0.246 e. The molecule has 2 aliphatic heterocycles. The molecule has 0 unspecified atom stereocenters. The van der Waals surface area contributed by atoms with Crippen molar-refractivity contribution < 1.29 is 14.0 Å². The van der Waals surface area contributed by atoms with Crippen LogP contribution in [0.25, 0.3) is 5.69 Å². The van der Waals surface area contributed by atoms with E-state index in [1.165, 1.54) is 10.7 Å². The van der Waals surface area contributed by atoms with Gasteiger partial charge < -0.3 is 15.2 Å². The standard InChI is InChI=1S/C21H22FN7O2/c22-16-3-1-2-4-18(16)29-11-14(8-25-29)10-27-5-6-28-19(12-27)20(30)26-17(21(28)31)7-15-9-23-13-24-15/h1-4,8-9,11,13,17,19H,5-7,10,12H2,(H,23,24)(H,26,30)/t17-,19+/m0/s1. The van der Waals surface area contributed by atoms with E-state index >= 15 is 0 Å². The first-order valence-electron chi connectivity index (χ1n) is 10.2. The van der Waals surface area contributed by atoms with Gasteiger partial charge in [-0.15, -0.1) is 0 Å². The third kappa shape index (κ3) is 3.81. The lowest BCUT2D eigenvalue weighted by Crippen LogP contribution is -2.69. The average molecular weight is 423 g/mol. The van der Waals surface area contributed by atoms with Gasteiger partial charge >= 0.3 is 0 Å². The Kier molecular flexibility index (Phi) is 4.99. The predicted molar refractivity (Wildman–Crippen MR) is 109 cm³/mol. The van der Waals surface area contributed by atoms with E-state index in [0.29, 0.717) is 38.3 Å². The fourth-order valence-electron chi connectivity index (χ4n) is 4.22. The van der Waals surface area contributed by atoms with E-state index in [1.54, 1.807) is 48.0 Å². The Labute approximate surface area is 177 Å². The van der Waals surface area contributed by atoms with Crippen molar-refractivity contribution in [1.82, 2.24) is 34.9 Å². The van der Waals surface area contributed by atoms with Crippen LogP contribution in [0.15, 0.2) is 49.2 Å². The van der Waals surface area contributed by atoms with Crippen molar-refractivity contribution in [3.8, 4) is 5.69 Å². The number of H-pyrrole nitrogens is 1. The number of fused-ring (bicyclic) bond motifs is 1. The molecule has 0 bridgehead atoms. The van der Waals surface area contributed by atoms with Gasteiger partial charge in [0.05, 0.1) is 12.5 Å². The predicted octanol–water partition coefficient (Wildman–Crippen LogP) is 0.488. The third-order valence-corrected chi connectivity index (χ3v) is 5.79. The number of rotatable bonds is 5. The molecule has 160 valence electrons. The highest BCUT2D eigenvalue weighted by Crippen LogP contribution is 2.20.